The van der Waals surface area contributed by atoms with Crippen LogP contribution in [0.3, 0.4) is 0 Å². The van der Waals surface area contributed by atoms with E-state index in [2.05, 4.69) is 35.8 Å². The van der Waals surface area contributed by atoms with E-state index in [1.54, 1.807) is 0 Å². The molecule has 2 heteroatoms. The monoisotopic (exact) mass is 214 g/mol. The van der Waals surface area contributed by atoms with E-state index in [1.807, 2.05) is 24.5 Å². The Balaban J connectivity index is 2.11. The van der Waals surface area contributed by atoms with Crippen LogP contribution >= 0.6 is 0 Å². The first kappa shape index (κ1) is 11.0. The molecule has 2 N–H and O–H groups in total. The van der Waals surface area contributed by atoms with Crippen LogP contribution in [0.2, 0.25) is 0 Å². The van der Waals surface area contributed by atoms with Crippen LogP contribution in [0.4, 0.5) is 0 Å². The molecule has 0 bridgehead atoms. The second kappa shape index (κ2) is 4.99. The quantitative estimate of drug-likeness (QED) is 0.833. The van der Waals surface area contributed by atoms with Crippen LogP contribution < -0.4 is 5.73 Å². The lowest BCUT2D eigenvalue weighted by Crippen LogP contribution is -2.21. The highest BCUT2D eigenvalue weighted by Gasteiger charge is 2.01. The lowest BCUT2D eigenvalue weighted by Gasteiger charge is -2.09. The molecular weight excluding hydrogens is 196 g/mol. The van der Waals surface area contributed by atoms with Gasteiger partial charge >= 0.3 is 0 Å². The topological polar surface area (TPSA) is 30.9 Å². The van der Waals surface area contributed by atoms with E-state index < -0.39 is 0 Å². The number of nitrogens with zero attached hydrogens (tertiary/aromatic N) is 1. The maximum atomic E-state index is 5.93. The summed E-state index contributed by atoms with van der Waals surface area (Å²) in [5.74, 6) is 0. The minimum absolute atomic E-state index is 0.275. The molecule has 0 saturated carbocycles. The fraction of sp³-hybridized carbons (Fsp3) is 0.286. The zero-order valence-corrected chi connectivity index (χ0v) is 9.63. The van der Waals surface area contributed by atoms with Crippen LogP contribution in [0.25, 0.3) is 5.69 Å². The summed E-state index contributed by atoms with van der Waals surface area (Å²) in [6, 6.07) is 12.9. The van der Waals surface area contributed by atoms with E-state index in [0.29, 0.717) is 0 Å². The summed E-state index contributed by atoms with van der Waals surface area (Å²) in [7, 11) is 0. The molecule has 0 radical (unpaired) electrons. The van der Waals surface area contributed by atoms with E-state index in [9.17, 15) is 0 Å². The van der Waals surface area contributed by atoms with Crippen molar-refractivity contribution in [1.82, 2.24) is 4.57 Å². The number of aromatic nitrogens is 1. The largest absolute Gasteiger partial charge is 0.327 e. The van der Waals surface area contributed by atoms with Crippen molar-refractivity contribution in [2.45, 2.75) is 25.8 Å². The first-order chi connectivity index (χ1) is 7.79. The molecule has 0 spiro atoms. The molecule has 1 aromatic heterocycles. The summed E-state index contributed by atoms with van der Waals surface area (Å²) in [4.78, 5) is 0. The Morgan fingerprint density at radius 2 is 1.75 bits per heavy atom. The lowest BCUT2D eigenvalue weighted by atomic mass is 10.0. The van der Waals surface area contributed by atoms with Gasteiger partial charge in [0.25, 0.3) is 0 Å². The Morgan fingerprint density at radius 1 is 1.12 bits per heavy atom. The second-order valence-corrected chi connectivity index (χ2v) is 4.13. The number of nitrogens with two attached hydrogens (primary N) is 1. The zero-order chi connectivity index (χ0) is 11.4. The third-order valence-corrected chi connectivity index (χ3v) is 2.86. The molecular formula is C14H18N2. The number of hydrogen-bond donors (Lipinski definition) is 1. The maximum Gasteiger partial charge on any atom is 0.0449 e. The molecule has 84 valence electrons. The van der Waals surface area contributed by atoms with E-state index in [0.717, 1.165) is 12.8 Å². The van der Waals surface area contributed by atoms with Crippen LogP contribution in [0.5, 0.6) is 0 Å². The molecule has 2 aromatic rings. The minimum atomic E-state index is 0.275. The average Bonchev–Trinajstić information content (AvgIpc) is 2.83. The molecule has 16 heavy (non-hydrogen) atoms. The maximum absolute atomic E-state index is 5.93. The second-order valence-electron chi connectivity index (χ2n) is 4.13. The molecule has 0 aliphatic carbocycles. The number of hydrogen-bond acceptors (Lipinski definition) is 1. The number of benzene rings is 1. The highest BCUT2D eigenvalue weighted by Crippen LogP contribution is 2.11. The Bertz CT molecular complexity index is 415. The Kier molecular flexibility index (Phi) is 3.42. The van der Waals surface area contributed by atoms with E-state index in [4.69, 9.17) is 5.73 Å². The van der Waals surface area contributed by atoms with Gasteiger partial charge in [-0.05, 0) is 42.7 Å². The fourth-order valence-electron chi connectivity index (χ4n) is 1.76. The van der Waals surface area contributed by atoms with Gasteiger partial charge in [-0.15, -0.1) is 0 Å². The van der Waals surface area contributed by atoms with Crippen LogP contribution in [-0.4, -0.2) is 10.6 Å². The molecule has 0 saturated heterocycles. The van der Waals surface area contributed by atoms with Gasteiger partial charge in [-0.25, -0.2) is 0 Å². The predicted octanol–water partition coefficient (Wildman–Crippen LogP) is 2.76. The van der Waals surface area contributed by atoms with Gasteiger partial charge in [0.2, 0.25) is 0 Å². The molecule has 1 atom stereocenters. The van der Waals surface area contributed by atoms with Crippen LogP contribution in [0, 0.1) is 0 Å². The van der Waals surface area contributed by atoms with Crippen molar-refractivity contribution in [3.05, 3.63) is 54.4 Å². The highest BCUT2D eigenvalue weighted by atomic mass is 14.9. The standard InChI is InChI=1S/C14H18N2/c1-2-13(15)11-12-5-7-14(8-6-12)16-9-3-4-10-16/h3-10,13H,2,11,15H2,1H3. The summed E-state index contributed by atoms with van der Waals surface area (Å²) in [5, 5.41) is 0. The smallest absolute Gasteiger partial charge is 0.0449 e. The molecule has 2 rings (SSSR count). The van der Waals surface area contributed by atoms with Gasteiger partial charge in [-0.1, -0.05) is 19.1 Å². The third kappa shape index (κ3) is 2.52. The summed E-state index contributed by atoms with van der Waals surface area (Å²) in [6.45, 7) is 2.12. The van der Waals surface area contributed by atoms with Crippen molar-refractivity contribution in [1.29, 1.82) is 0 Å². The SMILES string of the molecule is CCC(N)Cc1ccc(-n2cccc2)cc1. The van der Waals surface area contributed by atoms with Gasteiger partial charge in [0, 0.05) is 24.1 Å². The minimum Gasteiger partial charge on any atom is -0.327 e. The van der Waals surface area contributed by atoms with Gasteiger partial charge in [-0.3, -0.25) is 0 Å². The molecule has 0 fully saturated rings. The van der Waals surface area contributed by atoms with Crippen molar-refractivity contribution in [2.75, 3.05) is 0 Å². The van der Waals surface area contributed by atoms with Crippen molar-refractivity contribution < 1.29 is 0 Å². The Morgan fingerprint density at radius 3 is 2.31 bits per heavy atom. The molecule has 0 aliphatic heterocycles. The lowest BCUT2D eigenvalue weighted by molar-refractivity contribution is 0.646. The van der Waals surface area contributed by atoms with E-state index >= 15 is 0 Å². The summed E-state index contributed by atoms with van der Waals surface area (Å²) in [5.41, 5.74) is 8.44. The molecule has 1 aromatic carbocycles. The molecule has 1 unspecified atom stereocenters. The van der Waals surface area contributed by atoms with Crippen LogP contribution in [-0.2, 0) is 6.42 Å². The average molecular weight is 214 g/mol. The summed E-state index contributed by atoms with van der Waals surface area (Å²) < 4.78 is 2.10. The first-order valence-corrected chi connectivity index (χ1v) is 5.77. The Hall–Kier alpha value is -1.54. The Labute approximate surface area is 96.7 Å². The highest BCUT2D eigenvalue weighted by molar-refractivity contribution is 5.35. The van der Waals surface area contributed by atoms with E-state index in [-0.39, 0.29) is 6.04 Å². The molecule has 0 amide bonds. The van der Waals surface area contributed by atoms with Gasteiger partial charge in [0.1, 0.15) is 0 Å². The fourth-order valence-corrected chi connectivity index (χ4v) is 1.76. The van der Waals surface area contributed by atoms with Crippen LogP contribution in [0.15, 0.2) is 48.8 Å². The predicted molar refractivity (Wildman–Crippen MR) is 67.7 cm³/mol. The van der Waals surface area contributed by atoms with Gasteiger partial charge < -0.3 is 10.3 Å². The summed E-state index contributed by atoms with van der Waals surface area (Å²) in [6.07, 6.45) is 6.08. The molecule has 2 nitrogen and oxygen atoms in total. The number of rotatable bonds is 4. The molecule has 0 aliphatic rings. The van der Waals surface area contributed by atoms with E-state index in [1.165, 1.54) is 11.3 Å². The zero-order valence-electron chi connectivity index (χ0n) is 9.63. The van der Waals surface area contributed by atoms with Crippen LogP contribution in [0.1, 0.15) is 18.9 Å². The van der Waals surface area contributed by atoms with Crippen molar-refractivity contribution in [2.24, 2.45) is 5.73 Å². The first-order valence-electron chi connectivity index (χ1n) is 5.77. The third-order valence-electron chi connectivity index (χ3n) is 2.86. The normalized spacial score (nSPS) is 12.6. The van der Waals surface area contributed by atoms with Crippen molar-refractivity contribution in [3.8, 4) is 5.69 Å². The molecule has 1 heterocycles. The van der Waals surface area contributed by atoms with Gasteiger partial charge in [-0.2, -0.15) is 0 Å². The van der Waals surface area contributed by atoms with Crippen molar-refractivity contribution >= 4 is 0 Å². The summed E-state index contributed by atoms with van der Waals surface area (Å²) >= 11 is 0. The van der Waals surface area contributed by atoms with Gasteiger partial charge in [0.05, 0.1) is 0 Å². The van der Waals surface area contributed by atoms with Crippen molar-refractivity contribution in [3.63, 3.8) is 0 Å². The van der Waals surface area contributed by atoms with Gasteiger partial charge in [0.15, 0.2) is 0 Å².